The highest BCUT2D eigenvalue weighted by Gasteiger charge is 2.41. The van der Waals surface area contributed by atoms with E-state index < -0.39 is 5.54 Å². The molecule has 1 saturated heterocycles. The van der Waals surface area contributed by atoms with E-state index in [1.165, 1.54) is 0 Å². The summed E-state index contributed by atoms with van der Waals surface area (Å²) in [6.45, 7) is 4.66. The SMILES string of the molecule is CCC1(C(=O)N(CCOC)Cc2ccccn2)CCCN1. The van der Waals surface area contributed by atoms with E-state index in [0.29, 0.717) is 19.7 Å². The van der Waals surface area contributed by atoms with Gasteiger partial charge in [0.25, 0.3) is 0 Å². The highest BCUT2D eigenvalue weighted by atomic mass is 16.5. The number of carbonyl (C=O) groups excluding carboxylic acids is 1. The number of hydrogen-bond acceptors (Lipinski definition) is 4. The number of amides is 1. The molecular formula is C16H25N3O2. The number of rotatable bonds is 7. The van der Waals surface area contributed by atoms with Crippen LogP contribution in [0.15, 0.2) is 24.4 Å². The van der Waals surface area contributed by atoms with E-state index in [9.17, 15) is 4.79 Å². The van der Waals surface area contributed by atoms with Crippen molar-refractivity contribution in [3.05, 3.63) is 30.1 Å². The summed E-state index contributed by atoms with van der Waals surface area (Å²) in [7, 11) is 1.66. The molecule has 2 rings (SSSR count). The molecule has 0 aromatic carbocycles. The van der Waals surface area contributed by atoms with Crippen molar-refractivity contribution in [1.82, 2.24) is 15.2 Å². The first-order chi connectivity index (χ1) is 10.2. The lowest BCUT2D eigenvalue weighted by atomic mass is 9.92. The third-order valence-corrected chi connectivity index (χ3v) is 4.19. The van der Waals surface area contributed by atoms with Crippen LogP contribution in [-0.4, -0.2) is 48.1 Å². The maximum absolute atomic E-state index is 13.0. The number of nitrogens with one attached hydrogen (secondary N) is 1. The smallest absolute Gasteiger partial charge is 0.243 e. The molecule has 1 aliphatic heterocycles. The predicted octanol–water partition coefficient (Wildman–Crippen LogP) is 1.59. The first-order valence-electron chi connectivity index (χ1n) is 7.65. The molecule has 5 heteroatoms. The van der Waals surface area contributed by atoms with E-state index in [1.807, 2.05) is 23.1 Å². The Hall–Kier alpha value is -1.46. The Morgan fingerprint density at radius 1 is 1.52 bits per heavy atom. The van der Waals surface area contributed by atoms with Crippen LogP contribution in [0.3, 0.4) is 0 Å². The largest absolute Gasteiger partial charge is 0.383 e. The summed E-state index contributed by atoms with van der Waals surface area (Å²) >= 11 is 0. The van der Waals surface area contributed by atoms with Crippen LogP contribution < -0.4 is 5.32 Å². The fraction of sp³-hybridized carbons (Fsp3) is 0.625. The number of methoxy groups -OCH3 is 1. The monoisotopic (exact) mass is 291 g/mol. The Morgan fingerprint density at radius 3 is 2.95 bits per heavy atom. The zero-order chi connectivity index (χ0) is 15.1. The van der Waals surface area contributed by atoms with Crippen molar-refractivity contribution in [3.8, 4) is 0 Å². The maximum atomic E-state index is 13.0. The fourth-order valence-electron chi connectivity index (χ4n) is 2.89. The number of ether oxygens (including phenoxy) is 1. The van der Waals surface area contributed by atoms with Gasteiger partial charge in [-0.3, -0.25) is 9.78 Å². The molecule has 21 heavy (non-hydrogen) atoms. The molecule has 116 valence electrons. The van der Waals surface area contributed by atoms with Gasteiger partial charge in [-0.1, -0.05) is 13.0 Å². The summed E-state index contributed by atoms with van der Waals surface area (Å²) in [6, 6.07) is 5.79. The van der Waals surface area contributed by atoms with Crippen LogP contribution in [0.5, 0.6) is 0 Å². The van der Waals surface area contributed by atoms with E-state index in [0.717, 1.165) is 31.5 Å². The minimum atomic E-state index is -0.400. The molecule has 0 saturated carbocycles. The highest BCUT2D eigenvalue weighted by Crippen LogP contribution is 2.26. The van der Waals surface area contributed by atoms with Crippen LogP contribution in [0.4, 0.5) is 0 Å². The molecule has 2 heterocycles. The highest BCUT2D eigenvalue weighted by molar-refractivity contribution is 5.86. The van der Waals surface area contributed by atoms with Crippen molar-refractivity contribution >= 4 is 5.91 Å². The lowest BCUT2D eigenvalue weighted by Gasteiger charge is -2.33. The van der Waals surface area contributed by atoms with Crippen molar-refractivity contribution in [2.24, 2.45) is 0 Å². The third kappa shape index (κ3) is 3.80. The molecule has 1 aromatic heterocycles. The Morgan fingerprint density at radius 2 is 2.38 bits per heavy atom. The molecule has 1 atom stereocenters. The number of carbonyl (C=O) groups is 1. The van der Waals surface area contributed by atoms with Crippen molar-refractivity contribution in [1.29, 1.82) is 0 Å². The number of aromatic nitrogens is 1. The second-order valence-electron chi connectivity index (χ2n) is 5.51. The zero-order valence-electron chi connectivity index (χ0n) is 13.0. The van der Waals surface area contributed by atoms with Gasteiger partial charge in [0, 0.05) is 19.9 Å². The van der Waals surface area contributed by atoms with Gasteiger partial charge in [0.2, 0.25) is 5.91 Å². The molecule has 1 amide bonds. The standard InChI is InChI=1S/C16H25N3O2/c1-3-16(8-6-10-18-16)15(20)19(11-12-21-2)13-14-7-4-5-9-17-14/h4-5,7,9,18H,3,6,8,10-13H2,1-2H3. The second kappa shape index (κ2) is 7.52. The van der Waals surface area contributed by atoms with E-state index in [4.69, 9.17) is 4.74 Å². The summed E-state index contributed by atoms with van der Waals surface area (Å²) < 4.78 is 5.15. The molecular weight excluding hydrogens is 266 g/mol. The molecule has 0 radical (unpaired) electrons. The van der Waals surface area contributed by atoms with Gasteiger partial charge >= 0.3 is 0 Å². The van der Waals surface area contributed by atoms with Gasteiger partial charge in [-0.15, -0.1) is 0 Å². The van der Waals surface area contributed by atoms with Crippen LogP contribution in [0.2, 0.25) is 0 Å². The Bertz CT molecular complexity index is 444. The fourth-order valence-corrected chi connectivity index (χ4v) is 2.89. The minimum Gasteiger partial charge on any atom is -0.383 e. The van der Waals surface area contributed by atoms with E-state index in [-0.39, 0.29) is 5.91 Å². The van der Waals surface area contributed by atoms with Gasteiger partial charge < -0.3 is 15.0 Å². The summed E-state index contributed by atoms with van der Waals surface area (Å²) in [5.41, 5.74) is 0.508. The quantitative estimate of drug-likeness (QED) is 0.829. The van der Waals surface area contributed by atoms with Crippen molar-refractivity contribution < 1.29 is 9.53 Å². The van der Waals surface area contributed by atoms with Crippen LogP contribution in [0.1, 0.15) is 31.9 Å². The zero-order valence-corrected chi connectivity index (χ0v) is 13.0. The second-order valence-corrected chi connectivity index (χ2v) is 5.51. The summed E-state index contributed by atoms with van der Waals surface area (Å²) in [5.74, 6) is 0.171. The summed E-state index contributed by atoms with van der Waals surface area (Å²) in [4.78, 5) is 19.2. The van der Waals surface area contributed by atoms with Gasteiger partial charge in [0.05, 0.1) is 24.4 Å². The lowest BCUT2D eigenvalue weighted by molar-refractivity contribution is -0.139. The predicted molar refractivity (Wildman–Crippen MR) is 81.8 cm³/mol. The van der Waals surface area contributed by atoms with Gasteiger partial charge in [0.1, 0.15) is 0 Å². The maximum Gasteiger partial charge on any atom is 0.243 e. The van der Waals surface area contributed by atoms with E-state index in [1.54, 1.807) is 13.3 Å². The van der Waals surface area contributed by atoms with Gasteiger partial charge in [-0.25, -0.2) is 0 Å². The van der Waals surface area contributed by atoms with Crippen LogP contribution >= 0.6 is 0 Å². The number of pyridine rings is 1. The minimum absolute atomic E-state index is 0.171. The first-order valence-corrected chi connectivity index (χ1v) is 7.65. The molecule has 1 unspecified atom stereocenters. The lowest BCUT2D eigenvalue weighted by Crippen LogP contribution is -2.55. The number of hydrogen-bond donors (Lipinski definition) is 1. The third-order valence-electron chi connectivity index (χ3n) is 4.19. The molecule has 1 aliphatic rings. The molecule has 0 aliphatic carbocycles. The molecule has 5 nitrogen and oxygen atoms in total. The molecule has 1 aromatic rings. The average Bonchev–Trinajstić information content (AvgIpc) is 3.02. The molecule has 0 spiro atoms. The Balaban J connectivity index is 2.12. The Labute approximate surface area is 126 Å². The van der Waals surface area contributed by atoms with Gasteiger partial charge in [0.15, 0.2) is 0 Å². The normalized spacial score (nSPS) is 21.4. The summed E-state index contributed by atoms with van der Waals surface area (Å²) in [6.07, 6.45) is 4.55. The van der Waals surface area contributed by atoms with Crippen LogP contribution in [0.25, 0.3) is 0 Å². The first kappa shape index (κ1) is 15.9. The van der Waals surface area contributed by atoms with Crippen LogP contribution in [-0.2, 0) is 16.1 Å². The van der Waals surface area contributed by atoms with Gasteiger partial charge in [-0.05, 0) is 37.9 Å². The molecule has 0 bridgehead atoms. The van der Waals surface area contributed by atoms with E-state index in [2.05, 4.69) is 17.2 Å². The van der Waals surface area contributed by atoms with E-state index >= 15 is 0 Å². The van der Waals surface area contributed by atoms with Crippen molar-refractivity contribution in [2.75, 3.05) is 26.8 Å². The topological polar surface area (TPSA) is 54.5 Å². The average molecular weight is 291 g/mol. The summed E-state index contributed by atoms with van der Waals surface area (Å²) in [5, 5.41) is 3.41. The van der Waals surface area contributed by atoms with Crippen molar-refractivity contribution in [2.45, 2.75) is 38.3 Å². The Kier molecular flexibility index (Phi) is 5.70. The van der Waals surface area contributed by atoms with Crippen LogP contribution in [0, 0.1) is 0 Å². The molecule has 1 N–H and O–H groups in total. The molecule has 1 fully saturated rings. The number of nitrogens with zero attached hydrogens (tertiary/aromatic N) is 2. The van der Waals surface area contributed by atoms with Gasteiger partial charge in [-0.2, -0.15) is 0 Å². The van der Waals surface area contributed by atoms with Crippen molar-refractivity contribution in [3.63, 3.8) is 0 Å².